The molecule has 2 aliphatic rings. The number of benzene rings is 3. The molecule has 0 saturated carbocycles. The van der Waals surface area contributed by atoms with E-state index in [9.17, 15) is 9.18 Å². The van der Waals surface area contributed by atoms with Crippen molar-refractivity contribution in [2.75, 3.05) is 11.9 Å². The Morgan fingerprint density at radius 3 is 2.47 bits per heavy atom. The number of nitrogens with one attached hydrogen (secondary N) is 2. The highest BCUT2D eigenvalue weighted by molar-refractivity contribution is 6.31. The molecule has 0 bridgehead atoms. The van der Waals surface area contributed by atoms with Crippen molar-refractivity contribution in [2.24, 2.45) is 0 Å². The van der Waals surface area contributed by atoms with E-state index in [1.807, 2.05) is 36.4 Å². The van der Waals surface area contributed by atoms with Crippen LogP contribution in [0.2, 0.25) is 10.0 Å². The first kappa shape index (κ1) is 19.6. The van der Waals surface area contributed by atoms with Gasteiger partial charge in [-0.2, -0.15) is 0 Å². The molecule has 2 aliphatic heterocycles. The second-order valence-corrected chi connectivity index (χ2v) is 8.72. The molecule has 2 heterocycles. The standard InChI is InChI=1S/C24H19Cl2FN2O/c25-16-6-4-14(5-7-16)19-10-11-28-22(15-2-1-3-18(27)12-15)24(19)20-9-8-17(26)13-21(20)29-23(24)30/h1-9,12-13,19,22,28H,10-11H2,(H,29,30)/t19-,22?,24+/m1/s1. The lowest BCUT2D eigenvalue weighted by Gasteiger charge is -2.47. The van der Waals surface area contributed by atoms with Crippen molar-refractivity contribution in [3.05, 3.63) is 99.3 Å². The molecule has 1 spiro atoms. The van der Waals surface area contributed by atoms with Gasteiger partial charge in [0.2, 0.25) is 5.91 Å². The maximum atomic E-state index is 14.1. The van der Waals surface area contributed by atoms with Crippen LogP contribution in [0.4, 0.5) is 10.1 Å². The molecule has 3 aromatic carbocycles. The molecule has 3 nitrogen and oxygen atoms in total. The number of halogens is 3. The highest BCUT2D eigenvalue weighted by Crippen LogP contribution is 2.57. The van der Waals surface area contributed by atoms with Gasteiger partial charge in [-0.3, -0.25) is 4.79 Å². The number of carbonyl (C=O) groups is 1. The average Bonchev–Trinajstić information content (AvgIpc) is 3.00. The predicted molar refractivity (Wildman–Crippen MR) is 118 cm³/mol. The van der Waals surface area contributed by atoms with Crippen molar-refractivity contribution in [1.29, 1.82) is 0 Å². The highest BCUT2D eigenvalue weighted by Gasteiger charge is 2.59. The van der Waals surface area contributed by atoms with Gasteiger partial charge in [0.05, 0.1) is 6.04 Å². The molecule has 1 amide bonds. The molecule has 30 heavy (non-hydrogen) atoms. The number of hydrogen-bond donors (Lipinski definition) is 2. The normalized spacial score (nSPS) is 25.2. The molecule has 6 heteroatoms. The van der Waals surface area contributed by atoms with E-state index in [-0.39, 0.29) is 17.6 Å². The van der Waals surface area contributed by atoms with Crippen molar-refractivity contribution in [1.82, 2.24) is 5.32 Å². The molecule has 152 valence electrons. The number of anilines is 1. The molecule has 1 unspecified atom stereocenters. The quantitative estimate of drug-likeness (QED) is 0.525. The number of piperidine rings is 1. The average molecular weight is 441 g/mol. The van der Waals surface area contributed by atoms with E-state index in [1.165, 1.54) is 12.1 Å². The van der Waals surface area contributed by atoms with E-state index in [0.29, 0.717) is 22.3 Å². The van der Waals surface area contributed by atoms with Crippen LogP contribution in [0.3, 0.4) is 0 Å². The van der Waals surface area contributed by atoms with E-state index in [4.69, 9.17) is 23.2 Å². The fourth-order valence-corrected chi connectivity index (χ4v) is 5.41. The van der Waals surface area contributed by atoms with Crippen LogP contribution in [0.15, 0.2) is 66.7 Å². The Balaban J connectivity index is 1.77. The van der Waals surface area contributed by atoms with Crippen LogP contribution in [0, 0.1) is 5.82 Å². The third-order valence-corrected chi connectivity index (χ3v) is 6.78. The number of amides is 1. The first-order valence-corrected chi connectivity index (χ1v) is 10.6. The van der Waals surface area contributed by atoms with Crippen LogP contribution in [0.1, 0.15) is 35.1 Å². The molecule has 0 aromatic heterocycles. The summed E-state index contributed by atoms with van der Waals surface area (Å²) in [6.07, 6.45) is 0.753. The molecule has 0 radical (unpaired) electrons. The molecule has 3 aromatic rings. The van der Waals surface area contributed by atoms with Gasteiger partial charge in [0.25, 0.3) is 0 Å². The van der Waals surface area contributed by atoms with E-state index < -0.39 is 11.5 Å². The molecular weight excluding hydrogens is 422 g/mol. The maximum Gasteiger partial charge on any atom is 0.237 e. The Morgan fingerprint density at radius 1 is 0.933 bits per heavy atom. The highest BCUT2D eigenvalue weighted by atomic mass is 35.5. The van der Waals surface area contributed by atoms with Gasteiger partial charge in [0.15, 0.2) is 0 Å². The van der Waals surface area contributed by atoms with Gasteiger partial charge in [-0.05, 0) is 66.1 Å². The monoisotopic (exact) mass is 440 g/mol. The Labute approximate surface area is 184 Å². The zero-order valence-corrected chi connectivity index (χ0v) is 17.5. The largest absolute Gasteiger partial charge is 0.325 e. The Hall–Kier alpha value is -2.40. The second kappa shape index (κ2) is 7.38. The molecule has 0 aliphatic carbocycles. The van der Waals surface area contributed by atoms with E-state index >= 15 is 0 Å². The van der Waals surface area contributed by atoms with Gasteiger partial charge in [0, 0.05) is 21.7 Å². The van der Waals surface area contributed by atoms with Crippen LogP contribution in [0.5, 0.6) is 0 Å². The van der Waals surface area contributed by atoms with Crippen molar-refractivity contribution < 1.29 is 9.18 Å². The minimum absolute atomic E-state index is 0.110. The van der Waals surface area contributed by atoms with Crippen molar-refractivity contribution in [3.63, 3.8) is 0 Å². The Morgan fingerprint density at radius 2 is 1.70 bits per heavy atom. The SMILES string of the molecule is O=C1Nc2cc(Cl)ccc2[C@@]12C(c1cccc(F)c1)NCC[C@@H]2c1ccc(Cl)cc1. The van der Waals surface area contributed by atoms with Crippen LogP contribution >= 0.6 is 23.2 Å². The predicted octanol–water partition coefficient (Wildman–Crippen LogP) is 5.84. The van der Waals surface area contributed by atoms with Crippen molar-refractivity contribution in [3.8, 4) is 0 Å². The summed E-state index contributed by atoms with van der Waals surface area (Å²) in [4.78, 5) is 13.7. The van der Waals surface area contributed by atoms with Gasteiger partial charge in [0.1, 0.15) is 11.2 Å². The molecule has 2 N–H and O–H groups in total. The summed E-state index contributed by atoms with van der Waals surface area (Å²) < 4.78 is 14.1. The van der Waals surface area contributed by atoms with Gasteiger partial charge in [-0.1, -0.05) is 53.5 Å². The Bertz CT molecular complexity index is 1130. The van der Waals surface area contributed by atoms with Crippen LogP contribution < -0.4 is 10.6 Å². The lowest BCUT2D eigenvalue weighted by Crippen LogP contribution is -2.55. The minimum atomic E-state index is -0.945. The second-order valence-electron chi connectivity index (χ2n) is 7.85. The summed E-state index contributed by atoms with van der Waals surface area (Å²) in [6, 6.07) is 19.2. The van der Waals surface area contributed by atoms with Crippen LogP contribution in [-0.4, -0.2) is 12.5 Å². The number of hydrogen-bond acceptors (Lipinski definition) is 2. The fourth-order valence-electron chi connectivity index (χ4n) is 5.11. The Kier molecular flexibility index (Phi) is 4.81. The van der Waals surface area contributed by atoms with Crippen LogP contribution in [-0.2, 0) is 10.2 Å². The van der Waals surface area contributed by atoms with Gasteiger partial charge < -0.3 is 10.6 Å². The number of carbonyl (C=O) groups excluding carboxylic acids is 1. The summed E-state index contributed by atoms with van der Waals surface area (Å²) in [5, 5.41) is 7.75. The molecule has 1 saturated heterocycles. The van der Waals surface area contributed by atoms with E-state index in [2.05, 4.69) is 10.6 Å². The zero-order valence-electron chi connectivity index (χ0n) is 16.0. The molecule has 5 rings (SSSR count). The third kappa shape index (κ3) is 2.94. The summed E-state index contributed by atoms with van der Waals surface area (Å²) in [5.74, 6) is -0.555. The number of fused-ring (bicyclic) bond motifs is 2. The molecular formula is C24H19Cl2FN2O. The first-order valence-electron chi connectivity index (χ1n) is 9.86. The third-order valence-electron chi connectivity index (χ3n) is 6.29. The lowest BCUT2D eigenvalue weighted by molar-refractivity contribution is -0.123. The van der Waals surface area contributed by atoms with Gasteiger partial charge in [-0.15, -0.1) is 0 Å². The molecule has 3 atom stereocenters. The summed E-state index contributed by atoms with van der Waals surface area (Å²) in [5.41, 5.74) is 2.40. The fraction of sp³-hybridized carbons (Fsp3) is 0.208. The lowest BCUT2D eigenvalue weighted by atomic mass is 9.59. The van der Waals surface area contributed by atoms with E-state index in [1.54, 1.807) is 18.2 Å². The number of rotatable bonds is 2. The van der Waals surface area contributed by atoms with Crippen LogP contribution in [0.25, 0.3) is 0 Å². The van der Waals surface area contributed by atoms with E-state index in [0.717, 1.165) is 23.1 Å². The van der Waals surface area contributed by atoms with Gasteiger partial charge in [-0.25, -0.2) is 4.39 Å². The van der Waals surface area contributed by atoms with Gasteiger partial charge >= 0.3 is 0 Å². The first-order chi connectivity index (χ1) is 14.5. The minimum Gasteiger partial charge on any atom is -0.325 e. The smallest absolute Gasteiger partial charge is 0.237 e. The summed E-state index contributed by atoms with van der Waals surface area (Å²) in [7, 11) is 0. The molecule has 1 fully saturated rings. The van der Waals surface area contributed by atoms with Crippen molar-refractivity contribution >= 4 is 34.8 Å². The zero-order chi connectivity index (χ0) is 20.9. The summed E-state index contributed by atoms with van der Waals surface area (Å²) >= 11 is 12.3. The van der Waals surface area contributed by atoms with Crippen molar-refractivity contribution in [2.45, 2.75) is 23.8 Å². The summed E-state index contributed by atoms with van der Waals surface area (Å²) in [6.45, 7) is 0.701. The topological polar surface area (TPSA) is 41.1 Å². The maximum absolute atomic E-state index is 14.1.